The second kappa shape index (κ2) is 5.40. The molecule has 2 atom stereocenters. The SMILES string of the molecule is CCNC1CCC(C)(C)CC1Sc1ncn[nH]1. The third-order valence-corrected chi connectivity index (χ3v) is 4.67. The van der Waals surface area contributed by atoms with Crippen LogP contribution in [0.15, 0.2) is 11.5 Å². The smallest absolute Gasteiger partial charge is 0.183 e. The summed E-state index contributed by atoms with van der Waals surface area (Å²) in [5.74, 6) is 0. The second-order valence-corrected chi connectivity index (χ2v) is 6.75. The molecule has 1 aliphatic carbocycles. The molecule has 0 aromatic carbocycles. The van der Waals surface area contributed by atoms with Crippen LogP contribution < -0.4 is 5.32 Å². The first-order valence-electron chi connectivity index (χ1n) is 6.36. The molecule has 96 valence electrons. The number of nitrogens with one attached hydrogen (secondary N) is 2. The minimum atomic E-state index is 0.448. The van der Waals surface area contributed by atoms with Crippen LogP contribution in [-0.2, 0) is 0 Å². The lowest BCUT2D eigenvalue weighted by molar-refractivity contribution is 0.215. The molecule has 4 nitrogen and oxygen atoms in total. The van der Waals surface area contributed by atoms with Crippen LogP contribution >= 0.6 is 11.8 Å². The molecular formula is C12H22N4S. The fraction of sp³-hybridized carbons (Fsp3) is 0.833. The van der Waals surface area contributed by atoms with E-state index in [1.807, 2.05) is 11.8 Å². The van der Waals surface area contributed by atoms with E-state index in [9.17, 15) is 0 Å². The molecule has 0 spiro atoms. The summed E-state index contributed by atoms with van der Waals surface area (Å²) in [5, 5.41) is 12.0. The van der Waals surface area contributed by atoms with Crippen molar-refractivity contribution < 1.29 is 0 Å². The summed E-state index contributed by atoms with van der Waals surface area (Å²) < 4.78 is 0. The molecule has 17 heavy (non-hydrogen) atoms. The Kier molecular flexibility index (Phi) is 4.09. The quantitative estimate of drug-likeness (QED) is 0.866. The van der Waals surface area contributed by atoms with Gasteiger partial charge in [0.2, 0.25) is 0 Å². The first kappa shape index (κ1) is 12.9. The zero-order chi connectivity index (χ0) is 12.3. The van der Waals surface area contributed by atoms with Crippen LogP contribution in [0.25, 0.3) is 0 Å². The van der Waals surface area contributed by atoms with E-state index in [2.05, 4.69) is 41.3 Å². The van der Waals surface area contributed by atoms with Crippen molar-refractivity contribution in [3.8, 4) is 0 Å². The first-order valence-corrected chi connectivity index (χ1v) is 7.24. The van der Waals surface area contributed by atoms with E-state index in [-0.39, 0.29) is 0 Å². The molecule has 5 heteroatoms. The number of hydrogen-bond donors (Lipinski definition) is 2. The van der Waals surface area contributed by atoms with Crippen LogP contribution in [0.1, 0.15) is 40.0 Å². The van der Waals surface area contributed by atoms with E-state index in [0.29, 0.717) is 16.7 Å². The molecule has 1 aromatic heterocycles. The molecule has 1 fully saturated rings. The Labute approximate surface area is 107 Å². The van der Waals surface area contributed by atoms with Gasteiger partial charge >= 0.3 is 0 Å². The summed E-state index contributed by atoms with van der Waals surface area (Å²) >= 11 is 1.83. The Hall–Kier alpha value is -0.550. The summed E-state index contributed by atoms with van der Waals surface area (Å²) in [6.45, 7) is 7.95. The summed E-state index contributed by atoms with van der Waals surface area (Å²) in [6, 6.07) is 0.600. The van der Waals surface area contributed by atoms with Crippen molar-refractivity contribution in [2.24, 2.45) is 5.41 Å². The summed E-state index contributed by atoms with van der Waals surface area (Å²) in [7, 11) is 0. The van der Waals surface area contributed by atoms with Gasteiger partial charge in [-0.2, -0.15) is 5.10 Å². The second-order valence-electron chi connectivity index (χ2n) is 5.52. The Morgan fingerprint density at radius 3 is 3.06 bits per heavy atom. The molecule has 0 radical (unpaired) electrons. The third-order valence-electron chi connectivity index (χ3n) is 3.46. The van der Waals surface area contributed by atoms with Gasteiger partial charge in [-0.05, 0) is 31.2 Å². The molecule has 1 aromatic rings. The highest BCUT2D eigenvalue weighted by Gasteiger charge is 2.35. The lowest BCUT2D eigenvalue weighted by Gasteiger charge is -2.40. The monoisotopic (exact) mass is 254 g/mol. The fourth-order valence-corrected chi connectivity index (χ4v) is 3.97. The van der Waals surface area contributed by atoms with Gasteiger partial charge in [-0.1, -0.05) is 32.5 Å². The summed E-state index contributed by atoms with van der Waals surface area (Å²) in [5.41, 5.74) is 0.448. The molecule has 0 saturated heterocycles. The summed E-state index contributed by atoms with van der Waals surface area (Å²) in [4.78, 5) is 4.22. The number of H-pyrrole nitrogens is 1. The van der Waals surface area contributed by atoms with E-state index in [4.69, 9.17) is 0 Å². The molecule has 2 unspecified atom stereocenters. The van der Waals surface area contributed by atoms with Gasteiger partial charge in [-0.15, -0.1) is 0 Å². The number of aromatic nitrogens is 3. The molecular weight excluding hydrogens is 232 g/mol. The van der Waals surface area contributed by atoms with E-state index >= 15 is 0 Å². The fourth-order valence-electron chi connectivity index (χ4n) is 2.54. The number of nitrogens with zero attached hydrogens (tertiary/aromatic N) is 2. The van der Waals surface area contributed by atoms with Crippen molar-refractivity contribution in [3.63, 3.8) is 0 Å². The number of rotatable bonds is 4. The van der Waals surface area contributed by atoms with Gasteiger partial charge in [0.25, 0.3) is 0 Å². The Morgan fingerprint density at radius 1 is 1.59 bits per heavy atom. The first-order chi connectivity index (χ1) is 8.11. The number of thioether (sulfide) groups is 1. The molecule has 0 bridgehead atoms. The van der Waals surface area contributed by atoms with E-state index < -0.39 is 0 Å². The third kappa shape index (κ3) is 3.45. The zero-order valence-electron chi connectivity index (χ0n) is 10.9. The van der Waals surface area contributed by atoms with Crippen molar-refractivity contribution >= 4 is 11.8 Å². The van der Waals surface area contributed by atoms with Crippen molar-refractivity contribution in [2.75, 3.05) is 6.54 Å². The van der Waals surface area contributed by atoms with Crippen molar-refractivity contribution in [2.45, 2.75) is 56.5 Å². The van der Waals surface area contributed by atoms with Gasteiger partial charge in [0.1, 0.15) is 6.33 Å². The van der Waals surface area contributed by atoms with Gasteiger partial charge in [0.15, 0.2) is 5.16 Å². The van der Waals surface area contributed by atoms with Gasteiger partial charge in [-0.3, -0.25) is 5.10 Å². The maximum Gasteiger partial charge on any atom is 0.183 e. The average molecular weight is 254 g/mol. The van der Waals surface area contributed by atoms with Gasteiger partial charge < -0.3 is 5.32 Å². The maximum absolute atomic E-state index is 4.22. The largest absolute Gasteiger partial charge is 0.313 e. The lowest BCUT2D eigenvalue weighted by atomic mass is 9.75. The molecule has 0 aliphatic heterocycles. The lowest BCUT2D eigenvalue weighted by Crippen LogP contribution is -2.44. The predicted molar refractivity (Wildman–Crippen MR) is 71.1 cm³/mol. The Balaban J connectivity index is 2.02. The van der Waals surface area contributed by atoms with E-state index in [0.717, 1.165) is 11.7 Å². The van der Waals surface area contributed by atoms with Gasteiger partial charge in [0, 0.05) is 11.3 Å². The average Bonchev–Trinajstić information content (AvgIpc) is 2.74. The minimum absolute atomic E-state index is 0.448. The molecule has 0 amide bonds. The number of hydrogen-bond acceptors (Lipinski definition) is 4. The molecule has 1 saturated carbocycles. The molecule has 1 aliphatic rings. The van der Waals surface area contributed by atoms with Crippen LogP contribution in [0.4, 0.5) is 0 Å². The Morgan fingerprint density at radius 2 is 2.41 bits per heavy atom. The van der Waals surface area contributed by atoms with Crippen LogP contribution in [0.3, 0.4) is 0 Å². The van der Waals surface area contributed by atoms with Crippen molar-refractivity contribution in [3.05, 3.63) is 6.33 Å². The molecule has 1 heterocycles. The normalized spacial score (nSPS) is 28.2. The Bertz CT molecular complexity index is 336. The van der Waals surface area contributed by atoms with Gasteiger partial charge in [0.05, 0.1) is 0 Å². The highest BCUT2D eigenvalue weighted by molar-refractivity contribution is 7.99. The highest BCUT2D eigenvalue weighted by atomic mass is 32.2. The minimum Gasteiger partial charge on any atom is -0.313 e. The van der Waals surface area contributed by atoms with Crippen LogP contribution in [0.2, 0.25) is 0 Å². The summed E-state index contributed by atoms with van der Waals surface area (Å²) in [6.07, 6.45) is 5.37. The predicted octanol–water partition coefficient (Wildman–Crippen LogP) is 2.45. The topological polar surface area (TPSA) is 53.6 Å². The number of aromatic amines is 1. The van der Waals surface area contributed by atoms with E-state index in [1.54, 1.807) is 6.33 Å². The zero-order valence-corrected chi connectivity index (χ0v) is 11.7. The molecule has 2 N–H and O–H groups in total. The van der Waals surface area contributed by atoms with Crippen molar-refractivity contribution in [1.82, 2.24) is 20.5 Å². The maximum atomic E-state index is 4.22. The van der Waals surface area contributed by atoms with Crippen LogP contribution in [0, 0.1) is 5.41 Å². The molecule has 2 rings (SSSR count). The van der Waals surface area contributed by atoms with Crippen LogP contribution in [0.5, 0.6) is 0 Å². The van der Waals surface area contributed by atoms with E-state index in [1.165, 1.54) is 19.3 Å². The van der Waals surface area contributed by atoms with Crippen LogP contribution in [-0.4, -0.2) is 33.0 Å². The highest BCUT2D eigenvalue weighted by Crippen LogP contribution is 2.41. The van der Waals surface area contributed by atoms with Crippen molar-refractivity contribution in [1.29, 1.82) is 0 Å². The van der Waals surface area contributed by atoms with Gasteiger partial charge in [-0.25, -0.2) is 4.98 Å². The standard InChI is InChI=1S/C12H22N4S/c1-4-13-9-5-6-12(2,3)7-10(9)17-11-14-8-15-16-11/h8-10,13H,4-7H2,1-3H3,(H,14,15,16).